The van der Waals surface area contributed by atoms with Crippen molar-refractivity contribution in [3.8, 4) is 0 Å². The van der Waals surface area contributed by atoms with E-state index in [-0.39, 0.29) is 5.92 Å². The Morgan fingerprint density at radius 2 is 1.89 bits per heavy atom. The van der Waals surface area contributed by atoms with Gasteiger partial charge >= 0.3 is 0 Å². The van der Waals surface area contributed by atoms with Gasteiger partial charge in [0.2, 0.25) is 0 Å². The van der Waals surface area contributed by atoms with Crippen molar-refractivity contribution >= 4 is 6.29 Å². The molecule has 2 nitrogen and oxygen atoms in total. The lowest BCUT2D eigenvalue weighted by Gasteiger charge is -2.20. The summed E-state index contributed by atoms with van der Waals surface area (Å²) in [5.74, 6) is 0.253. The molecule has 1 N–H and O–H groups in total. The first-order chi connectivity index (χ1) is 12.8. The zero-order valence-electron chi connectivity index (χ0n) is 18.2. The monoisotopic (exact) mass is 374 g/mol. The Morgan fingerprint density at radius 1 is 1.15 bits per heavy atom. The van der Waals surface area contributed by atoms with Crippen molar-refractivity contribution in [3.05, 3.63) is 34.9 Å². The molecular weight excluding hydrogens is 332 g/mol. The van der Waals surface area contributed by atoms with Crippen LogP contribution in [0.25, 0.3) is 0 Å². The second-order valence-corrected chi connectivity index (χ2v) is 9.13. The smallest absolute Gasteiger partial charge is 0.123 e. The highest BCUT2D eigenvalue weighted by molar-refractivity contribution is 5.54. The summed E-state index contributed by atoms with van der Waals surface area (Å²) in [7, 11) is 0. The van der Waals surface area contributed by atoms with E-state index in [1.165, 1.54) is 49.7 Å². The van der Waals surface area contributed by atoms with Crippen LogP contribution in [-0.2, 0) is 4.79 Å². The van der Waals surface area contributed by atoms with Gasteiger partial charge in [-0.2, -0.15) is 0 Å². The summed E-state index contributed by atoms with van der Waals surface area (Å²) in [6.07, 6.45) is 22.1. The summed E-state index contributed by atoms with van der Waals surface area (Å²) in [4.78, 5) is 10.5. The van der Waals surface area contributed by atoms with E-state index < -0.39 is 5.60 Å². The minimum atomic E-state index is -0.541. The third-order valence-electron chi connectivity index (χ3n) is 5.43. The van der Waals surface area contributed by atoms with Crippen LogP contribution in [0.2, 0.25) is 0 Å². The number of hydrogen-bond acceptors (Lipinski definition) is 2. The average molecular weight is 375 g/mol. The number of aliphatic hydroxyl groups is 1. The molecule has 1 atom stereocenters. The van der Waals surface area contributed by atoms with Crippen LogP contribution in [0.1, 0.15) is 105 Å². The molecule has 0 heterocycles. The van der Waals surface area contributed by atoms with E-state index in [9.17, 15) is 9.90 Å². The summed E-state index contributed by atoms with van der Waals surface area (Å²) in [5.41, 5.74) is 4.07. The van der Waals surface area contributed by atoms with Gasteiger partial charge in [-0.15, -0.1) is 0 Å². The molecule has 27 heavy (non-hydrogen) atoms. The number of hydrogen-bond donors (Lipinski definition) is 1. The Bertz CT molecular complexity index is 513. The summed E-state index contributed by atoms with van der Waals surface area (Å²) in [6.45, 7) is 8.06. The van der Waals surface area contributed by atoms with Gasteiger partial charge in [0, 0.05) is 5.92 Å². The van der Waals surface area contributed by atoms with Crippen LogP contribution < -0.4 is 0 Å². The van der Waals surface area contributed by atoms with Crippen molar-refractivity contribution in [1.82, 2.24) is 0 Å². The number of rotatable bonds is 8. The molecule has 0 aromatic carbocycles. The van der Waals surface area contributed by atoms with Crippen LogP contribution in [0.3, 0.4) is 0 Å². The normalized spacial score (nSPS) is 20.0. The first-order valence-corrected chi connectivity index (χ1v) is 11.0. The third-order valence-corrected chi connectivity index (χ3v) is 5.43. The molecule has 1 unspecified atom stereocenters. The van der Waals surface area contributed by atoms with E-state index in [1.807, 2.05) is 13.8 Å². The van der Waals surface area contributed by atoms with Crippen LogP contribution in [0.5, 0.6) is 0 Å². The fraction of sp³-hybridized carbons (Fsp3) is 0.720. The number of carbonyl (C=O) groups excluding carboxylic acids is 1. The molecule has 0 spiro atoms. The van der Waals surface area contributed by atoms with Gasteiger partial charge in [0.1, 0.15) is 6.29 Å². The largest absolute Gasteiger partial charge is 0.390 e. The van der Waals surface area contributed by atoms with Gasteiger partial charge in [0.25, 0.3) is 0 Å². The number of aldehydes is 1. The van der Waals surface area contributed by atoms with Crippen molar-refractivity contribution in [2.45, 2.75) is 110 Å². The molecule has 154 valence electrons. The SMILES string of the molecule is CC(C)(O)CCCC1=CCC(C=O)CC1.CC(C)=CCCC1=CCCCC1. The highest BCUT2D eigenvalue weighted by Gasteiger charge is 2.15. The van der Waals surface area contributed by atoms with E-state index in [0.717, 1.165) is 44.8 Å². The third kappa shape index (κ3) is 12.8. The van der Waals surface area contributed by atoms with Crippen LogP contribution in [0, 0.1) is 5.92 Å². The summed E-state index contributed by atoms with van der Waals surface area (Å²) < 4.78 is 0. The maximum absolute atomic E-state index is 10.5. The van der Waals surface area contributed by atoms with Crippen molar-refractivity contribution in [2.75, 3.05) is 0 Å². The van der Waals surface area contributed by atoms with Gasteiger partial charge in [-0.05, 0) is 105 Å². The summed E-state index contributed by atoms with van der Waals surface area (Å²) in [5, 5.41) is 9.56. The molecule has 0 fully saturated rings. The van der Waals surface area contributed by atoms with Crippen LogP contribution in [0.15, 0.2) is 34.9 Å². The maximum Gasteiger partial charge on any atom is 0.123 e. The second kappa shape index (κ2) is 13.1. The zero-order chi connectivity index (χ0) is 20.1. The fourth-order valence-electron chi connectivity index (χ4n) is 3.69. The Hall–Kier alpha value is -1.15. The molecule has 0 amide bonds. The van der Waals surface area contributed by atoms with Crippen molar-refractivity contribution in [3.63, 3.8) is 0 Å². The first-order valence-electron chi connectivity index (χ1n) is 11.0. The second-order valence-electron chi connectivity index (χ2n) is 9.13. The van der Waals surface area contributed by atoms with E-state index in [2.05, 4.69) is 32.1 Å². The van der Waals surface area contributed by atoms with E-state index in [1.54, 1.807) is 5.57 Å². The summed E-state index contributed by atoms with van der Waals surface area (Å²) in [6, 6.07) is 0. The molecule has 0 aliphatic heterocycles. The van der Waals surface area contributed by atoms with Gasteiger partial charge < -0.3 is 9.90 Å². The predicted octanol–water partition coefficient (Wildman–Crippen LogP) is 7.09. The molecule has 2 aliphatic carbocycles. The van der Waals surface area contributed by atoms with Crippen molar-refractivity contribution in [2.24, 2.45) is 5.92 Å². The van der Waals surface area contributed by atoms with E-state index in [0.29, 0.717) is 0 Å². The average Bonchev–Trinajstić information content (AvgIpc) is 2.62. The Kier molecular flexibility index (Phi) is 11.6. The van der Waals surface area contributed by atoms with Crippen LogP contribution >= 0.6 is 0 Å². The lowest BCUT2D eigenvalue weighted by atomic mass is 9.87. The minimum Gasteiger partial charge on any atom is -0.390 e. The lowest BCUT2D eigenvalue weighted by molar-refractivity contribution is -0.111. The van der Waals surface area contributed by atoms with Crippen molar-refractivity contribution < 1.29 is 9.90 Å². The quantitative estimate of drug-likeness (QED) is 0.364. The molecule has 0 saturated heterocycles. The van der Waals surface area contributed by atoms with E-state index in [4.69, 9.17) is 0 Å². The standard InChI is InChI=1S/C13H22O2.C12H20/c1-13(2,15)9-3-4-11-5-7-12(10-14)8-6-11;1-11(2)7-6-10-12-8-4-3-5-9-12/h5,10,12,15H,3-4,6-9H2,1-2H3;7-8H,3-6,9-10H2,1-2H3. The molecule has 2 rings (SSSR count). The van der Waals surface area contributed by atoms with Gasteiger partial charge in [0.15, 0.2) is 0 Å². The van der Waals surface area contributed by atoms with Gasteiger partial charge in [0.05, 0.1) is 5.60 Å². The van der Waals surface area contributed by atoms with Gasteiger partial charge in [-0.25, -0.2) is 0 Å². The summed E-state index contributed by atoms with van der Waals surface area (Å²) >= 11 is 0. The Labute approximate surface area is 167 Å². The Balaban J connectivity index is 0.000000277. The number of allylic oxidation sites excluding steroid dienone is 6. The fourth-order valence-corrected chi connectivity index (χ4v) is 3.69. The lowest BCUT2D eigenvalue weighted by Crippen LogP contribution is -2.18. The van der Waals surface area contributed by atoms with Crippen LogP contribution in [-0.4, -0.2) is 17.0 Å². The van der Waals surface area contributed by atoms with Crippen LogP contribution in [0.4, 0.5) is 0 Å². The van der Waals surface area contributed by atoms with Gasteiger partial charge in [-0.1, -0.05) is 34.9 Å². The Morgan fingerprint density at radius 3 is 2.41 bits per heavy atom. The van der Waals surface area contributed by atoms with E-state index >= 15 is 0 Å². The molecule has 2 heteroatoms. The van der Waals surface area contributed by atoms with Crippen molar-refractivity contribution in [1.29, 1.82) is 0 Å². The molecule has 0 saturated carbocycles. The minimum absolute atomic E-state index is 0.253. The number of carbonyl (C=O) groups is 1. The molecule has 0 aromatic rings. The molecule has 0 aromatic heterocycles. The first kappa shape index (κ1) is 23.9. The molecule has 0 radical (unpaired) electrons. The zero-order valence-corrected chi connectivity index (χ0v) is 18.2. The predicted molar refractivity (Wildman–Crippen MR) is 117 cm³/mol. The molecule has 2 aliphatic rings. The van der Waals surface area contributed by atoms with Gasteiger partial charge in [-0.3, -0.25) is 0 Å². The topological polar surface area (TPSA) is 37.3 Å². The molecular formula is C25H42O2. The molecule has 0 bridgehead atoms. The highest BCUT2D eigenvalue weighted by Crippen LogP contribution is 2.26. The maximum atomic E-state index is 10.5. The highest BCUT2D eigenvalue weighted by atomic mass is 16.3.